The molecule has 158 valence electrons. The van der Waals surface area contributed by atoms with Crippen LogP contribution in [0.25, 0.3) is 0 Å². The molecule has 10 heteroatoms. The Morgan fingerprint density at radius 3 is 2.71 bits per heavy atom. The monoisotopic (exact) mass is 433 g/mol. The Morgan fingerprint density at radius 1 is 1.32 bits per heavy atom. The summed E-state index contributed by atoms with van der Waals surface area (Å²) < 4.78 is 38.6. The van der Waals surface area contributed by atoms with Gasteiger partial charge in [-0.1, -0.05) is 6.42 Å². The van der Waals surface area contributed by atoms with Gasteiger partial charge in [0, 0.05) is 25.3 Å². The normalized spacial score (nSPS) is 20.8. The summed E-state index contributed by atoms with van der Waals surface area (Å²) in [7, 11) is -3.68. The molecule has 1 atom stereocenters. The molecular weight excluding hydrogens is 406 g/mol. The Bertz CT molecular complexity index is 762. The molecule has 0 saturated carbocycles. The average molecular weight is 434 g/mol. The Labute approximate surface area is 172 Å². The lowest BCUT2D eigenvalue weighted by Crippen LogP contribution is -2.48. The van der Waals surface area contributed by atoms with E-state index in [9.17, 15) is 13.2 Å². The summed E-state index contributed by atoms with van der Waals surface area (Å²) in [6.45, 7) is 4.66. The van der Waals surface area contributed by atoms with Crippen molar-refractivity contribution in [2.75, 3.05) is 44.8 Å². The zero-order valence-corrected chi connectivity index (χ0v) is 17.6. The van der Waals surface area contributed by atoms with E-state index in [1.165, 1.54) is 10.4 Å². The van der Waals surface area contributed by atoms with Crippen molar-refractivity contribution in [2.24, 2.45) is 0 Å². The summed E-state index contributed by atoms with van der Waals surface area (Å²) in [5.74, 6) is 0.0559. The molecule has 28 heavy (non-hydrogen) atoms. The molecule has 2 fully saturated rings. The first-order chi connectivity index (χ1) is 13.0. The van der Waals surface area contributed by atoms with Crippen LogP contribution in [0, 0.1) is 0 Å². The highest BCUT2D eigenvalue weighted by Crippen LogP contribution is 2.31. The highest BCUT2D eigenvalue weighted by Gasteiger charge is 2.30. The van der Waals surface area contributed by atoms with Gasteiger partial charge in [-0.15, -0.1) is 12.4 Å². The van der Waals surface area contributed by atoms with Crippen LogP contribution in [-0.2, 0) is 19.6 Å². The summed E-state index contributed by atoms with van der Waals surface area (Å²) >= 11 is 0. The molecule has 2 aliphatic heterocycles. The Balaban J connectivity index is 0.00000280. The molecule has 2 N–H and O–H groups in total. The van der Waals surface area contributed by atoms with Gasteiger partial charge in [0.1, 0.15) is 16.7 Å². The summed E-state index contributed by atoms with van der Waals surface area (Å²) in [4.78, 5) is 12.5. The van der Waals surface area contributed by atoms with Crippen molar-refractivity contribution < 1.29 is 22.7 Å². The number of carbonyl (C=O) groups excluding carboxylic acids is 1. The molecule has 2 aliphatic rings. The van der Waals surface area contributed by atoms with E-state index >= 15 is 0 Å². The minimum atomic E-state index is -3.68. The van der Waals surface area contributed by atoms with Crippen molar-refractivity contribution in [1.82, 2.24) is 9.62 Å². The molecule has 8 nitrogen and oxygen atoms in total. The standard InChI is InChI=1S/C18H27N3O5S.ClH/c1-2-26-16-7-6-14(20-18(22)15-13-25-11-8-19-15)12-17(16)27(23,24)21-9-4-3-5-10-21;/h6-7,12,15,19H,2-5,8-11,13H2,1H3,(H,20,22);1H. The van der Waals surface area contributed by atoms with Crippen molar-refractivity contribution in [3.05, 3.63) is 18.2 Å². The van der Waals surface area contributed by atoms with Crippen molar-refractivity contribution in [3.63, 3.8) is 0 Å². The summed E-state index contributed by atoms with van der Waals surface area (Å²) in [6.07, 6.45) is 2.75. The lowest BCUT2D eigenvalue weighted by molar-refractivity contribution is -0.120. The number of sulfonamides is 1. The molecule has 1 aromatic carbocycles. The van der Waals surface area contributed by atoms with E-state index < -0.39 is 16.1 Å². The molecule has 1 unspecified atom stereocenters. The second-order valence-electron chi connectivity index (χ2n) is 6.63. The van der Waals surface area contributed by atoms with E-state index in [1.54, 1.807) is 12.1 Å². The quantitative estimate of drug-likeness (QED) is 0.707. The van der Waals surface area contributed by atoms with E-state index in [-0.39, 0.29) is 23.2 Å². The molecule has 2 heterocycles. The Hall–Kier alpha value is -1.39. The Kier molecular flexibility index (Phi) is 8.51. The van der Waals surface area contributed by atoms with E-state index in [4.69, 9.17) is 9.47 Å². The third-order valence-corrected chi connectivity index (χ3v) is 6.60. The SMILES string of the molecule is CCOc1ccc(NC(=O)C2COCCN2)cc1S(=O)(=O)N1CCCCC1.Cl. The molecule has 0 aliphatic carbocycles. The van der Waals surface area contributed by atoms with Crippen LogP contribution in [0.3, 0.4) is 0 Å². The van der Waals surface area contributed by atoms with Gasteiger partial charge in [-0.2, -0.15) is 4.31 Å². The highest BCUT2D eigenvalue weighted by molar-refractivity contribution is 7.89. The first-order valence-corrected chi connectivity index (χ1v) is 10.9. The number of nitrogens with one attached hydrogen (secondary N) is 2. The van der Waals surface area contributed by atoms with E-state index in [2.05, 4.69) is 10.6 Å². The number of halogens is 1. The van der Waals surface area contributed by atoms with Gasteiger partial charge in [0.25, 0.3) is 0 Å². The molecule has 0 aromatic heterocycles. The number of ether oxygens (including phenoxy) is 2. The third-order valence-electron chi connectivity index (χ3n) is 4.68. The topological polar surface area (TPSA) is 97.0 Å². The van der Waals surface area contributed by atoms with Gasteiger partial charge in [0.05, 0.1) is 19.8 Å². The van der Waals surface area contributed by atoms with E-state index in [1.807, 2.05) is 6.92 Å². The average Bonchev–Trinajstić information content (AvgIpc) is 2.70. The first-order valence-electron chi connectivity index (χ1n) is 9.41. The maximum atomic E-state index is 13.1. The summed E-state index contributed by atoms with van der Waals surface area (Å²) in [6, 6.07) is 4.28. The molecule has 0 bridgehead atoms. The van der Waals surface area contributed by atoms with Gasteiger partial charge in [0.2, 0.25) is 15.9 Å². The van der Waals surface area contributed by atoms with Gasteiger partial charge in [-0.3, -0.25) is 4.79 Å². The zero-order chi connectivity index (χ0) is 19.3. The third kappa shape index (κ3) is 5.36. The highest BCUT2D eigenvalue weighted by atomic mass is 35.5. The number of anilines is 1. The number of nitrogens with zero attached hydrogens (tertiary/aromatic N) is 1. The first kappa shape index (κ1) is 22.9. The predicted molar refractivity (Wildman–Crippen MR) is 109 cm³/mol. The van der Waals surface area contributed by atoms with Crippen LogP contribution < -0.4 is 15.4 Å². The smallest absolute Gasteiger partial charge is 0.246 e. The number of morpholine rings is 1. The van der Waals surface area contributed by atoms with Gasteiger partial charge < -0.3 is 20.1 Å². The molecule has 2 saturated heterocycles. The predicted octanol–water partition coefficient (Wildman–Crippen LogP) is 1.61. The van der Waals surface area contributed by atoms with E-state index in [0.29, 0.717) is 50.9 Å². The second kappa shape index (κ2) is 10.4. The molecule has 3 rings (SSSR count). The minimum Gasteiger partial charge on any atom is -0.492 e. The lowest BCUT2D eigenvalue weighted by Gasteiger charge is -2.27. The van der Waals surface area contributed by atoms with Crippen molar-refractivity contribution in [1.29, 1.82) is 0 Å². The number of amides is 1. The van der Waals surface area contributed by atoms with Crippen LogP contribution in [0.15, 0.2) is 23.1 Å². The fraction of sp³-hybridized carbons (Fsp3) is 0.611. The van der Waals surface area contributed by atoms with Crippen LogP contribution in [0.2, 0.25) is 0 Å². The molecule has 1 amide bonds. The number of carbonyl (C=O) groups is 1. The maximum Gasteiger partial charge on any atom is 0.246 e. The number of hydrogen-bond acceptors (Lipinski definition) is 6. The van der Waals surface area contributed by atoms with Crippen LogP contribution in [0.5, 0.6) is 5.75 Å². The van der Waals surface area contributed by atoms with Gasteiger partial charge in [-0.05, 0) is 38.0 Å². The van der Waals surface area contributed by atoms with Crippen molar-refractivity contribution in [3.8, 4) is 5.75 Å². The lowest BCUT2D eigenvalue weighted by atomic mass is 10.2. The van der Waals surface area contributed by atoms with Crippen molar-refractivity contribution in [2.45, 2.75) is 37.1 Å². The van der Waals surface area contributed by atoms with Crippen LogP contribution in [0.4, 0.5) is 5.69 Å². The van der Waals surface area contributed by atoms with E-state index in [0.717, 1.165) is 19.3 Å². The molecule has 0 spiro atoms. The second-order valence-corrected chi connectivity index (χ2v) is 8.54. The van der Waals surface area contributed by atoms with Crippen LogP contribution in [0.1, 0.15) is 26.2 Å². The molecule has 0 radical (unpaired) electrons. The summed E-state index contributed by atoms with van der Waals surface area (Å²) in [5.41, 5.74) is 0.423. The van der Waals surface area contributed by atoms with Gasteiger partial charge in [-0.25, -0.2) is 8.42 Å². The largest absolute Gasteiger partial charge is 0.492 e. The van der Waals surface area contributed by atoms with Crippen LogP contribution in [-0.4, -0.2) is 64.1 Å². The maximum absolute atomic E-state index is 13.1. The van der Waals surface area contributed by atoms with Crippen LogP contribution >= 0.6 is 12.4 Å². The Morgan fingerprint density at radius 2 is 2.07 bits per heavy atom. The molecular formula is C18H28ClN3O5S. The fourth-order valence-electron chi connectivity index (χ4n) is 3.27. The number of benzene rings is 1. The number of rotatable bonds is 6. The molecule has 1 aromatic rings. The number of hydrogen-bond donors (Lipinski definition) is 2. The van der Waals surface area contributed by atoms with Crippen molar-refractivity contribution >= 4 is 34.0 Å². The van der Waals surface area contributed by atoms with Gasteiger partial charge >= 0.3 is 0 Å². The minimum absolute atomic E-state index is 0. The van der Waals surface area contributed by atoms with Gasteiger partial charge in [0.15, 0.2) is 0 Å². The fourth-order valence-corrected chi connectivity index (χ4v) is 4.94. The summed E-state index contributed by atoms with van der Waals surface area (Å²) in [5, 5.41) is 5.86. The zero-order valence-electron chi connectivity index (χ0n) is 16.0. The number of piperidine rings is 1.